The van der Waals surface area contributed by atoms with Gasteiger partial charge in [0.15, 0.2) is 0 Å². The van der Waals surface area contributed by atoms with Gasteiger partial charge < -0.3 is 9.47 Å². The van der Waals surface area contributed by atoms with Crippen molar-refractivity contribution in [2.45, 2.75) is 6.61 Å². The lowest BCUT2D eigenvalue weighted by Crippen LogP contribution is -2.17. The maximum atomic E-state index is 12.1. The fraction of sp³-hybridized carbons (Fsp3) is 0.111. The molecule has 0 aliphatic rings. The highest BCUT2D eigenvalue weighted by atomic mass is 16.5. The number of carbonyl (C=O) groups is 2. The van der Waals surface area contributed by atoms with Crippen LogP contribution in [0.5, 0.6) is 0 Å². The first-order valence-electron chi connectivity index (χ1n) is 6.77. The SMILES string of the molecule is COC(=O)/C(=C\c1ccccc1)C(=O)OCc1ccccc1. The smallest absolute Gasteiger partial charge is 0.345 e. The average molecular weight is 296 g/mol. The Morgan fingerprint density at radius 3 is 2.09 bits per heavy atom. The molecule has 0 radical (unpaired) electrons. The molecule has 0 saturated heterocycles. The van der Waals surface area contributed by atoms with Crippen molar-refractivity contribution in [3.05, 3.63) is 77.4 Å². The molecule has 112 valence electrons. The van der Waals surface area contributed by atoms with E-state index in [0.717, 1.165) is 11.1 Å². The third-order valence-electron chi connectivity index (χ3n) is 2.95. The summed E-state index contributed by atoms with van der Waals surface area (Å²) in [7, 11) is 1.23. The fourth-order valence-electron chi connectivity index (χ4n) is 1.83. The summed E-state index contributed by atoms with van der Waals surface area (Å²) in [5.41, 5.74) is 1.43. The Morgan fingerprint density at radius 2 is 1.50 bits per heavy atom. The quantitative estimate of drug-likeness (QED) is 0.368. The number of ether oxygens (including phenoxy) is 2. The summed E-state index contributed by atoms with van der Waals surface area (Å²) in [6.07, 6.45) is 1.46. The van der Waals surface area contributed by atoms with Gasteiger partial charge in [-0.1, -0.05) is 60.7 Å². The first-order chi connectivity index (χ1) is 10.7. The second-order valence-corrected chi connectivity index (χ2v) is 4.52. The highest BCUT2D eigenvalue weighted by Crippen LogP contribution is 2.11. The second kappa shape index (κ2) is 7.78. The van der Waals surface area contributed by atoms with Gasteiger partial charge in [0.25, 0.3) is 0 Å². The summed E-state index contributed by atoms with van der Waals surface area (Å²) in [5.74, 6) is -1.43. The number of esters is 2. The van der Waals surface area contributed by atoms with Crippen molar-refractivity contribution < 1.29 is 19.1 Å². The van der Waals surface area contributed by atoms with Crippen molar-refractivity contribution in [1.82, 2.24) is 0 Å². The van der Waals surface area contributed by atoms with Crippen LogP contribution >= 0.6 is 0 Å². The summed E-state index contributed by atoms with van der Waals surface area (Å²) in [6.45, 7) is 0.1000. The summed E-state index contributed by atoms with van der Waals surface area (Å²) in [5, 5.41) is 0. The van der Waals surface area contributed by atoms with Crippen LogP contribution in [0.25, 0.3) is 6.08 Å². The van der Waals surface area contributed by atoms with E-state index in [1.165, 1.54) is 13.2 Å². The van der Waals surface area contributed by atoms with E-state index < -0.39 is 11.9 Å². The van der Waals surface area contributed by atoms with Gasteiger partial charge in [-0.05, 0) is 17.2 Å². The Labute approximate surface area is 129 Å². The number of benzene rings is 2. The van der Waals surface area contributed by atoms with Gasteiger partial charge in [0.1, 0.15) is 12.2 Å². The van der Waals surface area contributed by atoms with E-state index >= 15 is 0 Å². The highest BCUT2D eigenvalue weighted by molar-refractivity contribution is 6.17. The predicted octanol–water partition coefficient (Wildman–Crippen LogP) is 2.99. The third kappa shape index (κ3) is 4.31. The Kier molecular flexibility index (Phi) is 5.49. The normalized spacial score (nSPS) is 10.9. The van der Waals surface area contributed by atoms with Gasteiger partial charge in [-0.15, -0.1) is 0 Å². The van der Waals surface area contributed by atoms with E-state index in [2.05, 4.69) is 4.74 Å². The summed E-state index contributed by atoms with van der Waals surface area (Å²) in [4.78, 5) is 23.9. The minimum atomic E-state index is -0.720. The largest absolute Gasteiger partial charge is 0.465 e. The molecule has 0 saturated carbocycles. The Balaban J connectivity index is 2.13. The molecular weight excluding hydrogens is 280 g/mol. The van der Waals surface area contributed by atoms with Crippen LogP contribution in [0.2, 0.25) is 0 Å². The lowest BCUT2D eigenvalue weighted by molar-refractivity contribution is -0.146. The van der Waals surface area contributed by atoms with Crippen LogP contribution in [0.15, 0.2) is 66.2 Å². The van der Waals surface area contributed by atoms with Gasteiger partial charge in [-0.25, -0.2) is 9.59 Å². The van der Waals surface area contributed by atoms with Gasteiger partial charge in [0, 0.05) is 0 Å². The van der Waals surface area contributed by atoms with Gasteiger partial charge in [0.2, 0.25) is 0 Å². The van der Waals surface area contributed by atoms with E-state index in [1.54, 1.807) is 12.1 Å². The molecular formula is C18H16O4. The van der Waals surface area contributed by atoms with Gasteiger partial charge in [0.05, 0.1) is 7.11 Å². The van der Waals surface area contributed by atoms with Crippen LogP contribution in [0.1, 0.15) is 11.1 Å². The minimum Gasteiger partial charge on any atom is -0.465 e. The number of carbonyl (C=O) groups excluding carboxylic acids is 2. The lowest BCUT2D eigenvalue weighted by Gasteiger charge is -2.07. The Bertz CT molecular complexity index is 660. The molecule has 0 heterocycles. The lowest BCUT2D eigenvalue weighted by atomic mass is 10.1. The van der Waals surface area contributed by atoms with Crippen LogP contribution in [0.3, 0.4) is 0 Å². The molecule has 0 aromatic heterocycles. The van der Waals surface area contributed by atoms with Gasteiger partial charge in [-0.3, -0.25) is 0 Å². The molecule has 0 bridgehead atoms. The van der Waals surface area contributed by atoms with E-state index in [-0.39, 0.29) is 12.2 Å². The van der Waals surface area contributed by atoms with Crippen molar-refractivity contribution in [3.63, 3.8) is 0 Å². The molecule has 0 N–H and O–H groups in total. The zero-order valence-electron chi connectivity index (χ0n) is 12.2. The Hall–Kier alpha value is -2.88. The molecule has 2 aromatic carbocycles. The molecule has 0 atom stereocenters. The molecule has 4 heteroatoms. The van der Waals surface area contributed by atoms with E-state index in [4.69, 9.17) is 4.74 Å². The number of rotatable bonds is 5. The van der Waals surface area contributed by atoms with Crippen LogP contribution in [0, 0.1) is 0 Å². The Morgan fingerprint density at radius 1 is 0.909 bits per heavy atom. The van der Waals surface area contributed by atoms with E-state index in [1.807, 2.05) is 48.5 Å². The molecule has 2 aromatic rings. The molecule has 0 spiro atoms. The number of hydrogen-bond acceptors (Lipinski definition) is 4. The predicted molar refractivity (Wildman–Crippen MR) is 82.7 cm³/mol. The summed E-state index contributed by atoms with van der Waals surface area (Å²) >= 11 is 0. The maximum Gasteiger partial charge on any atom is 0.345 e. The molecule has 2 rings (SSSR count). The molecule has 0 amide bonds. The zero-order valence-corrected chi connectivity index (χ0v) is 12.2. The van der Waals surface area contributed by atoms with Crippen LogP contribution < -0.4 is 0 Å². The molecule has 0 fully saturated rings. The van der Waals surface area contributed by atoms with E-state index in [0.29, 0.717) is 0 Å². The van der Waals surface area contributed by atoms with Crippen molar-refractivity contribution in [3.8, 4) is 0 Å². The third-order valence-corrected chi connectivity index (χ3v) is 2.95. The number of methoxy groups -OCH3 is 1. The van der Waals surface area contributed by atoms with Crippen LogP contribution in [-0.2, 0) is 25.7 Å². The first-order valence-corrected chi connectivity index (χ1v) is 6.77. The van der Waals surface area contributed by atoms with Crippen LogP contribution in [-0.4, -0.2) is 19.0 Å². The van der Waals surface area contributed by atoms with Crippen molar-refractivity contribution >= 4 is 18.0 Å². The standard InChI is InChI=1S/C18H16O4/c1-21-17(19)16(12-14-8-4-2-5-9-14)18(20)22-13-15-10-6-3-7-11-15/h2-12H,13H2,1H3/b16-12+. The van der Waals surface area contributed by atoms with Crippen molar-refractivity contribution in [1.29, 1.82) is 0 Å². The van der Waals surface area contributed by atoms with E-state index in [9.17, 15) is 9.59 Å². The molecule has 0 unspecified atom stereocenters. The highest BCUT2D eigenvalue weighted by Gasteiger charge is 2.20. The number of hydrogen-bond donors (Lipinski definition) is 0. The van der Waals surface area contributed by atoms with Gasteiger partial charge >= 0.3 is 11.9 Å². The monoisotopic (exact) mass is 296 g/mol. The van der Waals surface area contributed by atoms with Crippen molar-refractivity contribution in [2.24, 2.45) is 0 Å². The summed E-state index contributed by atoms with van der Waals surface area (Å²) in [6, 6.07) is 18.3. The molecule has 0 aliphatic heterocycles. The fourth-order valence-corrected chi connectivity index (χ4v) is 1.83. The van der Waals surface area contributed by atoms with Crippen LogP contribution in [0.4, 0.5) is 0 Å². The van der Waals surface area contributed by atoms with Crippen molar-refractivity contribution in [2.75, 3.05) is 7.11 Å². The zero-order chi connectivity index (χ0) is 15.8. The molecule has 4 nitrogen and oxygen atoms in total. The topological polar surface area (TPSA) is 52.6 Å². The minimum absolute atomic E-state index is 0.1000. The molecule has 0 aliphatic carbocycles. The second-order valence-electron chi connectivity index (χ2n) is 4.52. The average Bonchev–Trinajstić information content (AvgIpc) is 2.58. The maximum absolute atomic E-state index is 12.1. The van der Waals surface area contributed by atoms with Gasteiger partial charge in [-0.2, -0.15) is 0 Å². The molecule has 22 heavy (non-hydrogen) atoms. The summed E-state index contributed by atoms with van der Waals surface area (Å²) < 4.78 is 9.83. The first kappa shape index (κ1) is 15.5.